The maximum Gasteiger partial charge on any atom is 0.243 e. The number of carbonyl (C=O) groups excluding carboxylic acids is 3. The SMILES string of the molecule is CC(=O)NC(CCCN)C(=O)NC(C)(C)C(N)=O. The van der Waals surface area contributed by atoms with Crippen molar-refractivity contribution in [2.24, 2.45) is 11.5 Å². The average molecular weight is 258 g/mol. The lowest BCUT2D eigenvalue weighted by Gasteiger charge is -2.26. The number of nitrogens with one attached hydrogen (secondary N) is 2. The molecule has 104 valence electrons. The summed E-state index contributed by atoms with van der Waals surface area (Å²) in [5.41, 5.74) is 9.37. The molecule has 7 heteroatoms. The molecule has 3 amide bonds. The summed E-state index contributed by atoms with van der Waals surface area (Å²) in [6, 6.07) is -0.704. The summed E-state index contributed by atoms with van der Waals surface area (Å²) in [5.74, 6) is -1.40. The van der Waals surface area contributed by atoms with Crippen molar-refractivity contribution in [1.29, 1.82) is 0 Å². The second-order valence-corrected chi connectivity index (χ2v) is 4.66. The summed E-state index contributed by atoms with van der Waals surface area (Å²) in [6.45, 7) is 4.74. The molecule has 0 aromatic heterocycles. The number of rotatable bonds is 7. The molecule has 0 saturated heterocycles. The van der Waals surface area contributed by atoms with E-state index in [4.69, 9.17) is 11.5 Å². The van der Waals surface area contributed by atoms with E-state index in [0.717, 1.165) is 0 Å². The van der Waals surface area contributed by atoms with Gasteiger partial charge in [0.15, 0.2) is 0 Å². The summed E-state index contributed by atoms with van der Waals surface area (Å²) in [5, 5.41) is 5.02. The van der Waals surface area contributed by atoms with E-state index in [0.29, 0.717) is 19.4 Å². The Balaban J connectivity index is 4.64. The maximum absolute atomic E-state index is 11.9. The van der Waals surface area contributed by atoms with Gasteiger partial charge < -0.3 is 22.1 Å². The van der Waals surface area contributed by atoms with E-state index in [9.17, 15) is 14.4 Å². The van der Waals surface area contributed by atoms with Crippen LogP contribution < -0.4 is 22.1 Å². The van der Waals surface area contributed by atoms with Gasteiger partial charge in [-0.05, 0) is 33.2 Å². The topological polar surface area (TPSA) is 127 Å². The zero-order valence-electron chi connectivity index (χ0n) is 11.1. The van der Waals surface area contributed by atoms with E-state index in [-0.39, 0.29) is 5.91 Å². The Morgan fingerprint density at radius 3 is 2.22 bits per heavy atom. The van der Waals surface area contributed by atoms with Crippen molar-refractivity contribution in [2.75, 3.05) is 6.54 Å². The van der Waals surface area contributed by atoms with Crippen LogP contribution in [0.2, 0.25) is 0 Å². The molecule has 0 aromatic rings. The van der Waals surface area contributed by atoms with Crippen molar-refractivity contribution in [2.45, 2.75) is 45.2 Å². The standard InChI is InChI=1S/C11H22N4O3/c1-7(16)14-8(5-4-6-12)9(17)15-11(2,3)10(13)18/h8H,4-6,12H2,1-3H3,(H2,13,18)(H,14,16)(H,15,17). The van der Waals surface area contributed by atoms with Crippen LogP contribution in [0.15, 0.2) is 0 Å². The molecule has 1 unspecified atom stereocenters. The smallest absolute Gasteiger partial charge is 0.243 e. The number of hydrogen-bond donors (Lipinski definition) is 4. The molecule has 0 radical (unpaired) electrons. The van der Waals surface area contributed by atoms with Crippen molar-refractivity contribution in [3.63, 3.8) is 0 Å². The average Bonchev–Trinajstić information content (AvgIpc) is 2.22. The van der Waals surface area contributed by atoms with Crippen LogP contribution in [0, 0.1) is 0 Å². The third-order valence-electron chi connectivity index (χ3n) is 2.44. The van der Waals surface area contributed by atoms with Crippen LogP contribution in [0.3, 0.4) is 0 Å². The predicted octanol–water partition coefficient (Wildman–Crippen LogP) is -1.39. The molecule has 0 saturated carbocycles. The summed E-state index contributed by atoms with van der Waals surface area (Å²) >= 11 is 0. The zero-order chi connectivity index (χ0) is 14.3. The second-order valence-electron chi connectivity index (χ2n) is 4.66. The Bertz CT molecular complexity index is 328. The summed E-state index contributed by atoms with van der Waals surface area (Å²) < 4.78 is 0. The monoisotopic (exact) mass is 258 g/mol. The van der Waals surface area contributed by atoms with Crippen LogP contribution in [-0.2, 0) is 14.4 Å². The van der Waals surface area contributed by atoms with E-state index in [1.165, 1.54) is 20.8 Å². The van der Waals surface area contributed by atoms with Crippen molar-refractivity contribution < 1.29 is 14.4 Å². The lowest BCUT2D eigenvalue weighted by atomic mass is 10.0. The van der Waals surface area contributed by atoms with Gasteiger partial charge in [-0.25, -0.2) is 0 Å². The van der Waals surface area contributed by atoms with Crippen LogP contribution in [0.25, 0.3) is 0 Å². The van der Waals surface area contributed by atoms with Crippen molar-refractivity contribution in [1.82, 2.24) is 10.6 Å². The first-order valence-corrected chi connectivity index (χ1v) is 5.79. The highest BCUT2D eigenvalue weighted by Gasteiger charge is 2.30. The first-order valence-electron chi connectivity index (χ1n) is 5.79. The van der Waals surface area contributed by atoms with Crippen LogP contribution in [0.1, 0.15) is 33.6 Å². The molecule has 0 rings (SSSR count). The molecule has 6 N–H and O–H groups in total. The zero-order valence-corrected chi connectivity index (χ0v) is 11.1. The first-order chi connectivity index (χ1) is 8.20. The quantitative estimate of drug-likeness (QED) is 0.448. The molecule has 1 atom stereocenters. The third kappa shape index (κ3) is 5.62. The molecule has 0 spiro atoms. The predicted molar refractivity (Wildman–Crippen MR) is 67.3 cm³/mol. The van der Waals surface area contributed by atoms with E-state index in [1.54, 1.807) is 0 Å². The molecule has 0 fully saturated rings. The fourth-order valence-electron chi connectivity index (χ4n) is 1.29. The first kappa shape index (κ1) is 16.4. The van der Waals surface area contributed by atoms with Gasteiger partial charge in [0.2, 0.25) is 17.7 Å². The number of carbonyl (C=O) groups is 3. The Hall–Kier alpha value is -1.63. The lowest BCUT2D eigenvalue weighted by molar-refractivity contribution is -0.133. The fourth-order valence-corrected chi connectivity index (χ4v) is 1.29. The fraction of sp³-hybridized carbons (Fsp3) is 0.727. The van der Waals surface area contributed by atoms with Crippen LogP contribution in [0.4, 0.5) is 0 Å². The minimum atomic E-state index is -1.16. The molecule has 0 aliphatic heterocycles. The van der Waals surface area contributed by atoms with Gasteiger partial charge in [-0.1, -0.05) is 0 Å². The van der Waals surface area contributed by atoms with Gasteiger partial charge in [-0.2, -0.15) is 0 Å². The van der Waals surface area contributed by atoms with Gasteiger partial charge in [0.25, 0.3) is 0 Å². The minimum absolute atomic E-state index is 0.316. The van der Waals surface area contributed by atoms with E-state index in [2.05, 4.69) is 10.6 Å². The molecule has 0 aliphatic rings. The molecular weight excluding hydrogens is 236 g/mol. The highest BCUT2D eigenvalue weighted by molar-refractivity contribution is 5.93. The van der Waals surface area contributed by atoms with Gasteiger partial charge >= 0.3 is 0 Å². The second kappa shape index (κ2) is 6.95. The maximum atomic E-state index is 11.9. The normalized spacial score (nSPS) is 12.7. The molecule has 7 nitrogen and oxygen atoms in total. The van der Waals surface area contributed by atoms with Gasteiger partial charge in [-0.15, -0.1) is 0 Å². The molecule has 18 heavy (non-hydrogen) atoms. The van der Waals surface area contributed by atoms with Gasteiger partial charge in [0, 0.05) is 6.92 Å². The molecular formula is C11H22N4O3. The Kier molecular flexibility index (Phi) is 6.32. The molecule has 0 bridgehead atoms. The summed E-state index contributed by atoms with van der Waals surface area (Å²) in [7, 11) is 0. The number of amides is 3. The van der Waals surface area contributed by atoms with Crippen LogP contribution >= 0.6 is 0 Å². The Morgan fingerprint density at radius 2 is 1.83 bits per heavy atom. The number of hydrogen-bond acceptors (Lipinski definition) is 4. The highest BCUT2D eigenvalue weighted by Crippen LogP contribution is 2.04. The van der Waals surface area contributed by atoms with Crippen LogP contribution in [0.5, 0.6) is 0 Å². The number of nitrogens with two attached hydrogens (primary N) is 2. The van der Waals surface area contributed by atoms with Gasteiger partial charge in [0.05, 0.1) is 0 Å². The van der Waals surface area contributed by atoms with E-state index in [1.807, 2.05) is 0 Å². The van der Waals surface area contributed by atoms with Gasteiger partial charge in [-0.3, -0.25) is 14.4 Å². The number of primary amides is 1. The molecule has 0 aliphatic carbocycles. The highest BCUT2D eigenvalue weighted by atomic mass is 16.2. The molecule has 0 heterocycles. The summed E-state index contributed by atoms with van der Waals surface area (Å²) in [4.78, 5) is 34.1. The van der Waals surface area contributed by atoms with Crippen LogP contribution in [-0.4, -0.2) is 35.8 Å². The molecule has 0 aromatic carbocycles. The lowest BCUT2D eigenvalue weighted by Crippen LogP contribution is -2.58. The minimum Gasteiger partial charge on any atom is -0.368 e. The third-order valence-corrected chi connectivity index (χ3v) is 2.44. The Labute approximate surface area is 107 Å². The Morgan fingerprint density at radius 1 is 1.28 bits per heavy atom. The van der Waals surface area contributed by atoms with Crippen molar-refractivity contribution >= 4 is 17.7 Å². The summed E-state index contributed by atoms with van der Waals surface area (Å²) in [6.07, 6.45) is 1.01. The largest absolute Gasteiger partial charge is 0.368 e. The van der Waals surface area contributed by atoms with E-state index >= 15 is 0 Å². The van der Waals surface area contributed by atoms with Crippen molar-refractivity contribution in [3.05, 3.63) is 0 Å². The van der Waals surface area contributed by atoms with E-state index < -0.39 is 23.4 Å². The van der Waals surface area contributed by atoms with Crippen molar-refractivity contribution in [3.8, 4) is 0 Å². The van der Waals surface area contributed by atoms with Gasteiger partial charge in [0.1, 0.15) is 11.6 Å².